The average molecular weight is 536 g/mol. The van der Waals surface area contributed by atoms with Crippen molar-refractivity contribution in [3.05, 3.63) is 100 Å². The summed E-state index contributed by atoms with van der Waals surface area (Å²) in [7, 11) is -2.87. The first-order chi connectivity index (χ1) is 16.8. The highest BCUT2D eigenvalue weighted by Gasteiger charge is 2.23. The van der Waals surface area contributed by atoms with Crippen molar-refractivity contribution in [1.29, 1.82) is 0 Å². The zero-order chi connectivity index (χ0) is 25.0. The number of carbonyl (C=O) groups excluding carboxylic acids is 1. The summed E-state index contributed by atoms with van der Waals surface area (Å²) in [4.78, 5) is 14.4. The SMILES string of the molecule is COc1ccc(CN(Cc2ccco2)C(=O)c2ccco2)cc1OS(=O)(=O)c1ccc(Cl)c(Cl)c1. The number of carbonyl (C=O) groups is 1. The van der Waals surface area contributed by atoms with Crippen LogP contribution in [-0.2, 0) is 23.2 Å². The van der Waals surface area contributed by atoms with Crippen molar-refractivity contribution >= 4 is 39.2 Å². The lowest BCUT2D eigenvalue weighted by atomic mass is 10.1. The summed E-state index contributed by atoms with van der Waals surface area (Å²) in [6.07, 6.45) is 2.92. The molecule has 11 heteroatoms. The second kappa shape index (κ2) is 10.5. The first-order valence-electron chi connectivity index (χ1n) is 10.2. The molecule has 0 unspecified atom stereocenters. The van der Waals surface area contributed by atoms with Crippen molar-refractivity contribution in [3.63, 3.8) is 0 Å². The van der Waals surface area contributed by atoms with Gasteiger partial charge in [0, 0.05) is 6.54 Å². The van der Waals surface area contributed by atoms with Gasteiger partial charge in [-0.05, 0) is 60.2 Å². The van der Waals surface area contributed by atoms with Gasteiger partial charge in [0.1, 0.15) is 10.7 Å². The van der Waals surface area contributed by atoms with Gasteiger partial charge in [-0.2, -0.15) is 8.42 Å². The second-order valence-corrected chi connectivity index (χ2v) is 9.68. The fourth-order valence-electron chi connectivity index (χ4n) is 3.25. The van der Waals surface area contributed by atoms with Crippen LogP contribution in [0.15, 0.2) is 86.9 Å². The van der Waals surface area contributed by atoms with Gasteiger partial charge >= 0.3 is 10.1 Å². The Balaban J connectivity index is 1.63. The molecule has 0 aliphatic carbocycles. The van der Waals surface area contributed by atoms with Crippen LogP contribution in [0.25, 0.3) is 0 Å². The predicted molar refractivity (Wildman–Crippen MR) is 128 cm³/mol. The smallest absolute Gasteiger partial charge is 0.339 e. The molecule has 0 spiro atoms. The Morgan fingerprint density at radius 2 is 1.69 bits per heavy atom. The predicted octanol–water partition coefficient (Wildman–Crippen LogP) is 5.80. The molecule has 2 aromatic heterocycles. The zero-order valence-corrected chi connectivity index (χ0v) is 20.6. The molecule has 0 bridgehead atoms. The Labute approximate surface area is 211 Å². The van der Waals surface area contributed by atoms with Gasteiger partial charge in [-0.25, -0.2) is 0 Å². The van der Waals surface area contributed by atoms with Gasteiger partial charge in [0.15, 0.2) is 17.3 Å². The molecule has 0 atom stereocenters. The number of ether oxygens (including phenoxy) is 1. The highest BCUT2D eigenvalue weighted by atomic mass is 35.5. The van der Waals surface area contributed by atoms with E-state index in [1.54, 1.807) is 36.4 Å². The number of amides is 1. The van der Waals surface area contributed by atoms with Crippen LogP contribution in [0.5, 0.6) is 11.5 Å². The highest BCUT2D eigenvalue weighted by Crippen LogP contribution is 2.33. The lowest BCUT2D eigenvalue weighted by Crippen LogP contribution is -2.29. The van der Waals surface area contributed by atoms with E-state index in [1.165, 1.54) is 48.8 Å². The topological polar surface area (TPSA) is 99.2 Å². The number of methoxy groups -OCH3 is 1. The molecular weight excluding hydrogens is 517 g/mol. The lowest BCUT2D eigenvalue weighted by Gasteiger charge is -2.21. The van der Waals surface area contributed by atoms with Gasteiger partial charge in [0.2, 0.25) is 0 Å². The molecule has 2 heterocycles. The summed E-state index contributed by atoms with van der Waals surface area (Å²) in [5, 5.41) is 0.283. The van der Waals surface area contributed by atoms with Crippen LogP contribution in [0, 0.1) is 0 Å². The standard InChI is InChI=1S/C24H19Cl2NO7S/c1-31-21-9-6-16(12-23(21)34-35(29,30)18-7-8-19(25)20(26)13-18)14-27(15-17-4-2-10-32-17)24(28)22-5-3-11-33-22/h2-13H,14-15H2,1H3. The van der Waals surface area contributed by atoms with Gasteiger partial charge in [0.25, 0.3) is 5.91 Å². The Bertz CT molecular complexity index is 1420. The summed E-state index contributed by atoms with van der Waals surface area (Å²) in [5.41, 5.74) is 0.580. The molecule has 0 N–H and O–H groups in total. The molecule has 0 saturated heterocycles. The van der Waals surface area contributed by atoms with Crippen LogP contribution < -0.4 is 8.92 Å². The largest absolute Gasteiger partial charge is 0.493 e. The Morgan fingerprint density at radius 3 is 2.34 bits per heavy atom. The number of benzene rings is 2. The maximum Gasteiger partial charge on any atom is 0.339 e. The first kappa shape index (κ1) is 24.7. The van der Waals surface area contributed by atoms with Crippen molar-refractivity contribution < 1.29 is 31.0 Å². The molecule has 0 saturated carbocycles. The van der Waals surface area contributed by atoms with Crippen molar-refractivity contribution in [2.24, 2.45) is 0 Å². The molecule has 0 fully saturated rings. The Hall–Kier alpha value is -3.40. The molecule has 0 radical (unpaired) electrons. The summed E-state index contributed by atoms with van der Waals surface area (Å²) in [6.45, 7) is 0.268. The number of hydrogen-bond acceptors (Lipinski definition) is 7. The monoisotopic (exact) mass is 535 g/mol. The molecule has 182 valence electrons. The van der Waals surface area contributed by atoms with E-state index in [-0.39, 0.29) is 51.2 Å². The molecule has 35 heavy (non-hydrogen) atoms. The average Bonchev–Trinajstić information content (AvgIpc) is 3.54. The summed E-state index contributed by atoms with van der Waals surface area (Å²) >= 11 is 11.9. The van der Waals surface area contributed by atoms with Gasteiger partial charge in [0.05, 0.1) is 36.2 Å². The summed E-state index contributed by atoms with van der Waals surface area (Å²) in [5.74, 6) is 0.487. The van der Waals surface area contributed by atoms with E-state index >= 15 is 0 Å². The lowest BCUT2D eigenvalue weighted by molar-refractivity contribution is 0.0685. The van der Waals surface area contributed by atoms with Gasteiger partial charge < -0.3 is 22.7 Å². The second-order valence-electron chi connectivity index (χ2n) is 7.32. The molecule has 0 aliphatic heterocycles. The quantitative estimate of drug-likeness (QED) is 0.250. The van der Waals surface area contributed by atoms with E-state index in [2.05, 4.69) is 0 Å². The molecule has 0 aliphatic rings. The number of furan rings is 2. The molecular formula is C24H19Cl2NO7S. The first-order valence-corrected chi connectivity index (χ1v) is 12.3. The van der Waals surface area contributed by atoms with Gasteiger partial charge in [-0.3, -0.25) is 4.79 Å². The van der Waals surface area contributed by atoms with Crippen LogP contribution in [-0.4, -0.2) is 26.3 Å². The molecule has 1 amide bonds. The fourth-order valence-corrected chi connectivity index (χ4v) is 4.57. The minimum atomic E-state index is -4.26. The van der Waals surface area contributed by atoms with E-state index in [0.29, 0.717) is 11.3 Å². The number of hydrogen-bond donors (Lipinski definition) is 0. The summed E-state index contributed by atoms with van der Waals surface area (Å²) in [6, 6.07) is 15.2. The van der Waals surface area contributed by atoms with Crippen molar-refractivity contribution in [3.8, 4) is 11.5 Å². The van der Waals surface area contributed by atoms with Crippen molar-refractivity contribution in [1.82, 2.24) is 4.90 Å². The van der Waals surface area contributed by atoms with Gasteiger partial charge in [-0.15, -0.1) is 0 Å². The molecule has 8 nitrogen and oxygen atoms in total. The van der Waals surface area contributed by atoms with Crippen molar-refractivity contribution in [2.75, 3.05) is 7.11 Å². The number of nitrogens with zero attached hydrogens (tertiary/aromatic N) is 1. The minimum absolute atomic E-state index is 0.0560. The maximum atomic E-state index is 13.0. The number of rotatable bonds is 9. The molecule has 2 aromatic carbocycles. The third-order valence-corrected chi connectivity index (χ3v) is 6.90. The third kappa shape index (κ3) is 5.82. The van der Waals surface area contributed by atoms with Crippen LogP contribution in [0.3, 0.4) is 0 Å². The molecule has 4 rings (SSSR count). The van der Waals surface area contributed by atoms with E-state index in [4.69, 9.17) is 41.0 Å². The van der Waals surface area contributed by atoms with Gasteiger partial charge in [-0.1, -0.05) is 29.3 Å². The van der Waals surface area contributed by atoms with Crippen LogP contribution in [0.4, 0.5) is 0 Å². The minimum Gasteiger partial charge on any atom is -0.493 e. The summed E-state index contributed by atoms with van der Waals surface area (Å²) < 4.78 is 47.0. The number of halogens is 2. The van der Waals surface area contributed by atoms with E-state index < -0.39 is 10.1 Å². The fraction of sp³-hybridized carbons (Fsp3) is 0.125. The Morgan fingerprint density at radius 1 is 0.914 bits per heavy atom. The third-order valence-electron chi connectivity index (χ3n) is 4.93. The van der Waals surface area contributed by atoms with Crippen LogP contribution >= 0.6 is 23.2 Å². The maximum absolute atomic E-state index is 13.0. The van der Waals surface area contributed by atoms with E-state index in [1.807, 2.05) is 0 Å². The Kier molecular flexibility index (Phi) is 7.39. The normalized spacial score (nSPS) is 11.3. The van der Waals surface area contributed by atoms with E-state index in [9.17, 15) is 13.2 Å². The van der Waals surface area contributed by atoms with Crippen LogP contribution in [0.2, 0.25) is 10.0 Å². The van der Waals surface area contributed by atoms with Crippen LogP contribution in [0.1, 0.15) is 21.9 Å². The van der Waals surface area contributed by atoms with E-state index in [0.717, 1.165) is 0 Å². The molecule has 4 aromatic rings. The zero-order valence-electron chi connectivity index (χ0n) is 18.3. The highest BCUT2D eigenvalue weighted by molar-refractivity contribution is 7.87. The van der Waals surface area contributed by atoms with Crippen molar-refractivity contribution in [2.45, 2.75) is 18.0 Å².